The summed E-state index contributed by atoms with van der Waals surface area (Å²) in [5, 5.41) is 17.7. The lowest BCUT2D eigenvalue weighted by molar-refractivity contribution is -0.143. The van der Waals surface area contributed by atoms with Gasteiger partial charge in [-0.2, -0.15) is 0 Å². The second-order valence-electron chi connectivity index (χ2n) is 6.16. The zero-order valence-electron chi connectivity index (χ0n) is 14.6. The summed E-state index contributed by atoms with van der Waals surface area (Å²) in [5.41, 5.74) is 2.07. The lowest BCUT2D eigenvalue weighted by Crippen LogP contribution is -2.40. The minimum atomic E-state index is -0.697. The Morgan fingerprint density at radius 3 is 2.88 bits per heavy atom. The molecule has 3 rings (SSSR count). The van der Waals surface area contributed by atoms with E-state index in [1.165, 1.54) is 5.56 Å². The van der Waals surface area contributed by atoms with Gasteiger partial charge in [0.15, 0.2) is 0 Å². The van der Waals surface area contributed by atoms with Crippen LogP contribution in [0.2, 0.25) is 0 Å². The van der Waals surface area contributed by atoms with Gasteiger partial charge in [0.05, 0.1) is 15.7 Å². The van der Waals surface area contributed by atoms with Crippen molar-refractivity contribution in [2.45, 2.75) is 19.8 Å². The fourth-order valence-corrected chi connectivity index (χ4v) is 4.66. The standard InChI is InChI=1S/C18H22N2O3S2.ClH/c1-13-6-11-25-17(13)16(15-5-3-10-24-15)19-23-9-8-20-7-2-4-14(12-20)18(21)22;/h3,5-6,10-11,14H,2,4,7-9,12H2,1H3,(H,21,22);1H/b19-16-;/t14-;/m1./s1. The Morgan fingerprint density at radius 1 is 1.38 bits per heavy atom. The third-order valence-electron chi connectivity index (χ3n) is 4.34. The molecule has 0 saturated carbocycles. The van der Waals surface area contributed by atoms with Crippen molar-refractivity contribution in [3.63, 3.8) is 0 Å². The molecule has 0 radical (unpaired) electrons. The molecule has 1 fully saturated rings. The number of halogens is 1. The molecule has 0 aliphatic carbocycles. The number of carboxylic acids is 1. The Morgan fingerprint density at radius 2 is 2.23 bits per heavy atom. The van der Waals surface area contributed by atoms with Gasteiger partial charge < -0.3 is 9.94 Å². The summed E-state index contributed by atoms with van der Waals surface area (Å²) in [6.07, 6.45) is 1.69. The van der Waals surface area contributed by atoms with Crippen LogP contribution < -0.4 is 0 Å². The number of oxime groups is 1. The normalized spacial score (nSPS) is 18.3. The molecule has 2 aromatic rings. The number of nitrogens with zero attached hydrogens (tertiary/aromatic N) is 2. The van der Waals surface area contributed by atoms with Crippen LogP contribution in [-0.2, 0) is 9.63 Å². The highest BCUT2D eigenvalue weighted by molar-refractivity contribution is 7.16. The summed E-state index contributed by atoms with van der Waals surface area (Å²) < 4.78 is 0. The molecule has 0 spiro atoms. The minimum Gasteiger partial charge on any atom is -0.481 e. The molecule has 1 aliphatic rings. The largest absolute Gasteiger partial charge is 0.481 e. The van der Waals surface area contributed by atoms with Gasteiger partial charge in [0.2, 0.25) is 0 Å². The van der Waals surface area contributed by atoms with Crippen molar-refractivity contribution in [3.8, 4) is 0 Å². The highest BCUT2D eigenvalue weighted by Gasteiger charge is 2.25. The van der Waals surface area contributed by atoms with E-state index in [2.05, 4.69) is 28.4 Å². The molecule has 0 unspecified atom stereocenters. The van der Waals surface area contributed by atoms with E-state index in [9.17, 15) is 4.79 Å². The van der Waals surface area contributed by atoms with Crippen molar-refractivity contribution in [1.82, 2.24) is 4.90 Å². The molecule has 1 atom stereocenters. The first-order chi connectivity index (χ1) is 12.1. The van der Waals surface area contributed by atoms with Crippen molar-refractivity contribution in [2.24, 2.45) is 11.1 Å². The van der Waals surface area contributed by atoms with Gasteiger partial charge in [-0.1, -0.05) is 11.2 Å². The third-order valence-corrected chi connectivity index (χ3v) is 6.24. The van der Waals surface area contributed by atoms with E-state index >= 15 is 0 Å². The number of carboxylic acid groups (broad SMARTS) is 1. The minimum absolute atomic E-state index is 0. The quantitative estimate of drug-likeness (QED) is 0.420. The molecule has 1 aliphatic heterocycles. The molecular formula is C18H23ClN2O3S2. The first-order valence-corrected chi connectivity index (χ1v) is 10.1. The SMILES string of the molecule is Cc1ccsc1/C(=N\OCCN1CCC[C@@H](C(=O)O)C1)c1cccs1.Cl. The van der Waals surface area contributed by atoms with E-state index in [1.807, 2.05) is 17.5 Å². The second-order valence-corrected chi connectivity index (χ2v) is 8.02. The van der Waals surface area contributed by atoms with Gasteiger partial charge in [-0.05, 0) is 54.8 Å². The molecule has 1 saturated heterocycles. The number of carbonyl (C=O) groups is 1. The number of hydrogen-bond donors (Lipinski definition) is 1. The van der Waals surface area contributed by atoms with Gasteiger partial charge in [0.1, 0.15) is 12.3 Å². The van der Waals surface area contributed by atoms with E-state index in [1.54, 1.807) is 22.7 Å². The number of hydrogen-bond acceptors (Lipinski definition) is 6. The molecular weight excluding hydrogens is 392 g/mol. The number of aryl methyl sites for hydroxylation is 1. The van der Waals surface area contributed by atoms with Crippen molar-refractivity contribution in [1.29, 1.82) is 0 Å². The molecule has 8 heteroatoms. The molecule has 142 valence electrons. The lowest BCUT2D eigenvalue weighted by atomic mass is 9.98. The summed E-state index contributed by atoms with van der Waals surface area (Å²) in [4.78, 5) is 21.1. The zero-order valence-corrected chi connectivity index (χ0v) is 17.0. The summed E-state index contributed by atoms with van der Waals surface area (Å²) in [6.45, 7) is 4.78. The van der Waals surface area contributed by atoms with Crippen LogP contribution in [0, 0.1) is 12.8 Å². The number of thiophene rings is 2. The molecule has 0 aromatic carbocycles. The van der Waals surface area contributed by atoms with Gasteiger partial charge in [-0.15, -0.1) is 35.1 Å². The summed E-state index contributed by atoms with van der Waals surface area (Å²) in [6, 6.07) is 6.15. The van der Waals surface area contributed by atoms with E-state index in [4.69, 9.17) is 9.94 Å². The molecule has 0 bridgehead atoms. The van der Waals surface area contributed by atoms with Gasteiger partial charge >= 0.3 is 5.97 Å². The van der Waals surface area contributed by atoms with E-state index in [0.717, 1.165) is 34.9 Å². The first kappa shape index (κ1) is 20.9. The third kappa shape index (κ3) is 5.30. The van der Waals surface area contributed by atoms with Gasteiger partial charge in [0.25, 0.3) is 0 Å². The highest BCUT2D eigenvalue weighted by atomic mass is 35.5. The Balaban J connectivity index is 0.00000243. The predicted molar refractivity (Wildman–Crippen MR) is 109 cm³/mol. The summed E-state index contributed by atoms with van der Waals surface area (Å²) >= 11 is 3.31. The van der Waals surface area contributed by atoms with Crippen LogP contribution in [0.5, 0.6) is 0 Å². The maximum atomic E-state index is 11.1. The molecule has 2 aromatic heterocycles. The van der Waals surface area contributed by atoms with Crippen molar-refractivity contribution in [2.75, 3.05) is 26.2 Å². The van der Waals surface area contributed by atoms with Gasteiger partial charge in [0, 0.05) is 13.1 Å². The average molecular weight is 415 g/mol. The van der Waals surface area contributed by atoms with Crippen LogP contribution in [-0.4, -0.2) is 47.9 Å². The number of rotatable bonds is 7. The molecule has 5 nitrogen and oxygen atoms in total. The highest BCUT2D eigenvalue weighted by Crippen LogP contribution is 2.23. The van der Waals surface area contributed by atoms with Crippen LogP contribution >= 0.6 is 35.1 Å². The maximum Gasteiger partial charge on any atom is 0.307 e. The van der Waals surface area contributed by atoms with Crippen LogP contribution in [0.1, 0.15) is 28.2 Å². The zero-order chi connectivity index (χ0) is 17.6. The summed E-state index contributed by atoms with van der Waals surface area (Å²) in [7, 11) is 0. The van der Waals surface area contributed by atoms with E-state index in [-0.39, 0.29) is 18.3 Å². The Labute approximate surface area is 167 Å². The van der Waals surface area contributed by atoms with Gasteiger partial charge in [-0.3, -0.25) is 9.69 Å². The fourth-order valence-electron chi connectivity index (χ4n) is 2.97. The number of piperidine rings is 1. The van der Waals surface area contributed by atoms with Crippen molar-refractivity contribution in [3.05, 3.63) is 44.3 Å². The topological polar surface area (TPSA) is 62.1 Å². The van der Waals surface area contributed by atoms with Gasteiger partial charge in [-0.25, -0.2) is 0 Å². The van der Waals surface area contributed by atoms with Crippen LogP contribution in [0.4, 0.5) is 0 Å². The molecule has 26 heavy (non-hydrogen) atoms. The molecule has 1 N–H and O–H groups in total. The molecule has 3 heterocycles. The summed E-state index contributed by atoms with van der Waals surface area (Å²) in [5.74, 6) is -0.954. The van der Waals surface area contributed by atoms with Crippen LogP contribution in [0.3, 0.4) is 0 Å². The average Bonchev–Trinajstić information content (AvgIpc) is 3.27. The maximum absolute atomic E-state index is 11.1. The number of likely N-dealkylation sites (tertiary alicyclic amines) is 1. The fraction of sp³-hybridized carbons (Fsp3) is 0.444. The first-order valence-electron chi connectivity index (χ1n) is 8.38. The van der Waals surface area contributed by atoms with Crippen molar-refractivity contribution >= 4 is 46.8 Å². The van der Waals surface area contributed by atoms with E-state index < -0.39 is 5.97 Å². The Bertz CT molecular complexity index is 731. The molecule has 0 amide bonds. The number of aliphatic carboxylic acids is 1. The van der Waals surface area contributed by atoms with Crippen LogP contribution in [0.15, 0.2) is 34.1 Å². The van der Waals surface area contributed by atoms with Crippen LogP contribution in [0.25, 0.3) is 0 Å². The predicted octanol–water partition coefficient (Wildman–Crippen LogP) is 4.11. The monoisotopic (exact) mass is 414 g/mol. The lowest BCUT2D eigenvalue weighted by Gasteiger charge is -2.29. The second kappa shape index (κ2) is 10.1. The Hall–Kier alpha value is -1.41. The smallest absolute Gasteiger partial charge is 0.307 e. The Kier molecular flexibility index (Phi) is 8.09. The van der Waals surface area contributed by atoms with E-state index in [0.29, 0.717) is 19.7 Å². The van der Waals surface area contributed by atoms with Crippen molar-refractivity contribution < 1.29 is 14.7 Å².